The van der Waals surface area contributed by atoms with Crippen molar-refractivity contribution in [3.8, 4) is 0 Å². The fraction of sp³-hybridized carbons (Fsp3) is 0.975. The third-order valence-electron chi connectivity index (χ3n) is 13.5. The summed E-state index contributed by atoms with van der Waals surface area (Å²) in [7, 11) is 0. The van der Waals surface area contributed by atoms with Crippen LogP contribution in [0.5, 0.6) is 0 Å². The van der Waals surface area contributed by atoms with Crippen LogP contribution in [0.15, 0.2) is 0 Å². The molecule has 72 heavy (non-hydrogen) atoms. The van der Waals surface area contributed by atoms with Gasteiger partial charge >= 0.3 is 5.97 Å². The van der Waals surface area contributed by atoms with Crippen LogP contribution in [0.2, 0.25) is 0 Å². The predicted octanol–water partition coefficient (Wildman–Crippen LogP) is -12.2. The molecule has 0 aromatic rings. The van der Waals surface area contributed by atoms with E-state index >= 15 is 0 Å². The van der Waals surface area contributed by atoms with Crippen molar-refractivity contribution in [2.45, 2.75) is 197 Å². The van der Waals surface area contributed by atoms with Crippen molar-refractivity contribution in [3.63, 3.8) is 0 Å². The lowest BCUT2D eigenvalue weighted by atomic mass is 9.94. The minimum atomic E-state index is -2.18. The van der Waals surface area contributed by atoms with Crippen LogP contribution in [0.1, 0.15) is 12.8 Å². The van der Waals surface area contributed by atoms with E-state index in [1.807, 2.05) is 0 Å². The number of carboxylic acid groups (broad SMARTS) is 1. The van der Waals surface area contributed by atoms with Crippen LogP contribution < -0.4 is 0 Å². The van der Waals surface area contributed by atoms with Gasteiger partial charge in [0.2, 0.25) is 0 Å². The second-order valence-electron chi connectivity index (χ2n) is 18.2. The molecule has 12 bridgehead atoms. The van der Waals surface area contributed by atoms with Crippen molar-refractivity contribution in [2.75, 3.05) is 46.2 Å². The summed E-state index contributed by atoms with van der Waals surface area (Å²) in [4.78, 5) is 11.3. The Labute approximate surface area is 407 Å². The number of hydrogen-bond acceptors (Lipinski definition) is 31. The Morgan fingerprint density at radius 1 is 0.319 bits per heavy atom. The minimum absolute atomic E-state index is 0.163. The zero-order valence-electron chi connectivity index (χ0n) is 37.9. The molecule has 22 rings (SSSR count). The minimum Gasteiger partial charge on any atom is -0.481 e. The van der Waals surface area contributed by atoms with Crippen molar-refractivity contribution >= 4 is 5.97 Å². The van der Waals surface area contributed by atoms with Crippen LogP contribution in [0.25, 0.3) is 0 Å². The van der Waals surface area contributed by atoms with Gasteiger partial charge in [0, 0.05) is 13.0 Å². The van der Waals surface area contributed by atoms with E-state index in [0.717, 1.165) is 0 Å². The average molecular weight is 1060 g/mol. The first-order chi connectivity index (χ1) is 34.3. The third kappa shape index (κ3) is 11.9. The Balaban J connectivity index is 1.22. The molecule has 418 valence electrons. The Morgan fingerprint density at radius 3 is 0.778 bits per heavy atom. The first kappa shape index (κ1) is 58.0. The lowest BCUT2D eigenvalue weighted by molar-refractivity contribution is -0.404. The zero-order chi connectivity index (χ0) is 52.5. The molecule has 22 saturated heterocycles. The summed E-state index contributed by atoms with van der Waals surface area (Å²) in [5.41, 5.74) is 0. The quantitative estimate of drug-likeness (QED) is 0.0854. The summed E-state index contributed by atoms with van der Waals surface area (Å²) in [5.74, 6) is -1.22. The second kappa shape index (κ2) is 25.2. The van der Waals surface area contributed by atoms with Crippen molar-refractivity contribution < 1.29 is 158 Å². The third-order valence-corrected chi connectivity index (χ3v) is 13.5. The van der Waals surface area contributed by atoms with Gasteiger partial charge in [-0.15, -0.1) is 0 Å². The van der Waals surface area contributed by atoms with Gasteiger partial charge in [-0.25, -0.2) is 0 Å². The monoisotopic (exact) mass is 1060 g/mol. The molecular weight excluding hydrogens is 992 g/mol. The number of carboxylic acids is 1. The van der Waals surface area contributed by atoms with Crippen LogP contribution >= 0.6 is 0 Å². The molecule has 22 heterocycles. The van der Waals surface area contributed by atoms with Crippen LogP contribution in [-0.4, -0.2) is 328 Å². The maximum absolute atomic E-state index is 11.7. The molecule has 0 saturated carbocycles. The summed E-state index contributed by atoms with van der Waals surface area (Å²) in [6.45, 7) is -6.50. The van der Waals surface area contributed by atoms with Crippen molar-refractivity contribution in [3.05, 3.63) is 0 Å². The molecule has 32 nitrogen and oxygen atoms in total. The first-order valence-corrected chi connectivity index (χ1v) is 23.1. The van der Waals surface area contributed by atoms with E-state index in [9.17, 15) is 96.7 Å². The lowest BCUT2D eigenvalue weighted by Crippen LogP contribution is -2.69. The molecule has 22 aliphatic rings. The molecule has 0 unspecified atom stereocenters. The highest BCUT2D eigenvalue weighted by molar-refractivity contribution is 5.66. The van der Waals surface area contributed by atoms with Gasteiger partial charge in [-0.1, -0.05) is 0 Å². The molecule has 32 heteroatoms. The Kier molecular flexibility index (Phi) is 20.3. The summed E-state index contributed by atoms with van der Waals surface area (Å²) < 4.78 is 74.8. The predicted molar refractivity (Wildman–Crippen MR) is 216 cm³/mol. The van der Waals surface area contributed by atoms with Gasteiger partial charge < -0.3 is 153 Å². The second-order valence-corrected chi connectivity index (χ2v) is 18.2. The molecule has 0 amide bonds. The average Bonchev–Trinajstić information content (AvgIpc) is 3.36. The van der Waals surface area contributed by atoms with Crippen LogP contribution in [0.4, 0.5) is 0 Å². The van der Waals surface area contributed by atoms with Gasteiger partial charge in [-0.05, 0) is 6.42 Å². The van der Waals surface area contributed by atoms with Crippen molar-refractivity contribution in [2.24, 2.45) is 0 Å². The molecule has 0 aromatic carbocycles. The van der Waals surface area contributed by atoms with Crippen molar-refractivity contribution in [1.82, 2.24) is 0 Å². The molecule has 0 radical (unpaired) electrons. The Morgan fingerprint density at radius 2 is 0.542 bits per heavy atom. The molecule has 30 atom stereocenters. The number of carbonyl (C=O) groups is 1. The summed E-state index contributed by atoms with van der Waals surface area (Å²) in [5, 5.41) is 196. The van der Waals surface area contributed by atoms with Crippen LogP contribution in [0, 0.1) is 0 Å². The largest absolute Gasteiger partial charge is 0.481 e. The van der Waals surface area contributed by atoms with Crippen molar-refractivity contribution in [1.29, 1.82) is 0 Å². The zero-order valence-corrected chi connectivity index (χ0v) is 37.9. The highest BCUT2D eigenvalue weighted by atomic mass is 16.8. The van der Waals surface area contributed by atoms with Gasteiger partial charge in [-0.2, -0.15) is 0 Å². The maximum atomic E-state index is 11.7. The van der Waals surface area contributed by atoms with E-state index in [4.69, 9.17) is 61.6 Å². The SMILES string of the molecule is O=C(O)CCCO[C@@H]1[C@@H](O)[C@H]2O[C@H]3[C@H](O)[C@@H](O)[C@@H](O[C@H]4[C@H](O)[C@@H](O)[C@@H](O[C@H]5[C@H](O)[C@@H](O)[C@@H](O[C@H]6[C@H](O)[C@@H](O)[C@@H](O[C@H]7[C@H](O)[C@@H](O)[C@@H](O[C@H]1[C@@H](CO)O2)O[C@@H]7CO)O[C@@H]6CO)O[C@@H]5CO)O[C@@H]4CO)O[C@@H]3CO. The van der Waals surface area contributed by atoms with E-state index in [2.05, 4.69) is 0 Å². The van der Waals surface area contributed by atoms with Crippen LogP contribution in [0.3, 0.4) is 0 Å². The normalized spacial score (nSPS) is 51.7. The Hall–Kier alpha value is -1.73. The molecule has 0 aliphatic carbocycles. The standard InChI is InChI=1S/C40H66O32/c41-4-10-28-17(49)22(54)35(61-10)68-29-11(5-42)63-37(24(56)19(29)51)70-31-13(7-44)65-39(26(58)21(31)53)72-33-15(9-46)66-40(27(59)34(33)60-3-1-2-16(47)48)71-32-14(8-45)64-38(25(57)20(32)52)69-30-12(6-43)62-36(67-28)23(55)18(30)50/h10-15,17-46,49-59H,1-9H2,(H,47,48)/t10-,11-,12-,13-,14-,15-,17-,18-,19-,20-,21-,22-,23-,24-,25-,26-,27-,28-,29-,30-,31-,32-,33+,34-,35-,36-,37-,38-,39-,40-/m1/s1. The smallest absolute Gasteiger partial charge is 0.303 e. The molecule has 0 spiro atoms. The van der Waals surface area contributed by atoms with E-state index in [1.165, 1.54) is 0 Å². The number of aliphatic carboxylic acids is 1. The van der Waals surface area contributed by atoms with E-state index in [-0.39, 0.29) is 6.42 Å². The topological polar surface area (TPSA) is 501 Å². The highest BCUT2D eigenvalue weighted by Crippen LogP contribution is 2.38. The van der Waals surface area contributed by atoms with E-state index in [0.29, 0.717) is 0 Å². The summed E-state index contributed by atoms with van der Waals surface area (Å²) in [6, 6.07) is 0. The van der Waals surface area contributed by atoms with Gasteiger partial charge in [0.15, 0.2) is 37.7 Å². The molecule has 22 aliphatic heterocycles. The molecule has 18 N–H and O–H groups in total. The summed E-state index contributed by atoms with van der Waals surface area (Å²) in [6.07, 6.45) is -59.1. The molecule has 22 fully saturated rings. The maximum Gasteiger partial charge on any atom is 0.303 e. The van der Waals surface area contributed by atoms with E-state index < -0.39 is 243 Å². The van der Waals surface area contributed by atoms with Gasteiger partial charge in [0.1, 0.15) is 146 Å². The number of aliphatic hydroxyl groups is 17. The molecular formula is C40H66O32. The van der Waals surface area contributed by atoms with Gasteiger partial charge in [0.25, 0.3) is 0 Å². The highest BCUT2D eigenvalue weighted by Gasteiger charge is 2.59. The number of hydrogen-bond donors (Lipinski definition) is 18. The van der Waals surface area contributed by atoms with Gasteiger partial charge in [0.05, 0.1) is 39.6 Å². The number of aliphatic hydroxyl groups excluding tert-OH is 17. The van der Waals surface area contributed by atoms with E-state index in [1.54, 1.807) is 0 Å². The fourth-order valence-electron chi connectivity index (χ4n) is 9.55. The lowest BCUT2D eigenvalue weighted by Gasteiger charge is -2.51. The molecule has 0 aromatic heterocycles. The number of ether oxygens (including phenoxy) is 13. The first-order valence-electron chi connectivity index (χ1n) is 23.1. The fourth-order valence-corrected chi connectivity index (χ4v) is 9.55. The van der Waals surface area contributed by atoms with Crippen LogP contribution in [-0.2, 0) is 66.4 Å². The number of rotatable bonds is 11. The summed E-state index contributed by atoms with van der Waals surface area (Å²) >= 11 is 0. The van der Waals surface area contributed by atoms with Gasteiger partial charge in [-0.3, -0.25) is 4.79 Å². The Bertz CT molecular complexity index is 1680.